The Labute approximate surface area is 183 Å². The van der Waals surface area contributed by atoms with Gasteiger partial charge >= 0.3 is 0 Å². The molecule has 162 valence electrons. The molecule has 2 N–H and O–H groups in total. The van der Waals surface area contributed by atoms with Gasteiger partial charge < -0.3 is 20.4 Å². The summed E-state index contributed by atoms with van der Waals surface area (Å²) in [5.41, 5.74) is 0. The molecule has 1 saturated heterocycles. The quantitative estimate of drug-likeness (QED) is 0.523. The number of nitrogens with one attached hydrogen (secondary N) is 2. The van der Waals surface area contributed by atoms with Crippen LogP contribution in [-0.2, 0) is 11.2 Å². The molecular weight excluding hydrogens is 396 g/mol. The molecule has 3 heterocycles. The van der Waals surface area contributed by atoms with Crippen LogP contribution < -0.4 is 15.5 Å². The van der Waals surface area contributed by atoms with E-state index in [0.29, 0.717) is 13.0 Å². The molecule has 0 radical (unpaired) electrons. The number of pyridine rings is 1. The fourth-order valence-electron chi connectivity index (χ4n) is 3.55. The Morgan fingerprint density at radius 3 is 2.67 bits per heavy atom. The van der Waals surface area contributed by atoms with Gasteiger partial charge in [-0.15, -0.1) is 11.3 Å². The van der Waals surface area contributed by atoms with Crippen molar-refractivity contribution in [3.63, 3.8) is 0 Å². The molecule has 8 heteroatoms. The number of anilines is 1. The van der Waals surface area contributed by atoms with Gasteiger partial charge in [-0.05, 0) is 38.1 Å². The Bertz CT molecular complexity index is 829. The third-order valence-corrected chi connectivity index (χ3v) is 6.17. The molecule has 2 aromatic rings. The van der Waals surface area contributed by atoms with Crippen molar-refractivity contribution in [1.82, 2.24) is 20.5 Å². The Morgan fingerprint density at radius 1 is 1.23 bits per heavy atom. The van der Waals surface area contributed by atoms with E-state index in [1.54, 1.807) is 7.05 Å². The minimum Gasteiger partial charge on any atom is -0.356 e. The van der Waals surface area contributed by atoms with E-state index >= 15 is 0 Å². The van der Waals surface area contributed by atoms with Crippen LogP contribution >= 0.6 is 11.3 Å². The highest BCUT2D eigenvalue weighted by Crippen LogP contribution is 2.16. The lowest BCUT2D eigenvalue weighted by atomic mass is 10.2. The van der Waals surface area contributed by atoms with Gasteiger partial charge in [-0.2, -0.15) is 0 Å². The van der Waals surface area contributed by atoms with Gasteiger partial charge in [0.15, 0.2) is 5.96 Å². The first-order valence-electron chi connectivity index (χ1n) is 10.5. The van der Waals surface area contributed by atoms with Crippen LogP contribution in [0, 0.1) is 6.92 Å². The normalized spacial score (nSPS) is 15.8. The fourth-order valence-corrected chi connectivity index (χ4v) is 4.57. The zero-order valence-electron chi connectivity index (χ0n) is 18.1. The van der Waals surface area contributed by atoms with Gasteiger partial charge in [0.25, 0.3) is 0 Å². The number of aryl methyl sites for hydroxylation is 1. The summed E-state index contributed by atoms with van der Waals surface area (Å²) in [4.78, 5) is 28.1. The number of hydrogen-bond acceptors (Lipinski definition) is 5. The predicted octanol–water partition coefficient (Wildman–Crippen LogP) is 2.29. The van der Waals surface area contributed by atoms with Crippen molar-refractivity contribution in [2.24, 2.45) is 4.99 Å². The molecule has 1 unspecified atom stereocenters. The maximum absolute atomic E-state index is 12.6. The maximum Gasteiger partial charge on any atom is 0.224 e. The first kappa shape index (κ1) is 22.1. The van der Waals surface area contributed by atoms with Gasteiger partial charge in [0.2, 0.25) is 5.91 Å². The third kappa shape index (κ3) is 6.45. The summed E-state index contributed by atoms with van der Waals surface area (Å²) in [6, 6.07) is 10.5. The zero-order chi connectivity index (χ0) is 21.3. The smallest absolute Gasteiger partial charge is 0.224 e. The summed E-state index contributed by atoms with van der Waals surface area (Å²) in [5, 5.41) is 6.68. The second-order valence-electron chi connectivity index (χ2n) is 7.57. The van der Waals surface area contributed by atoms with E-state index in [1.165, 1.54) is 9.75 Å². The summed E-state index contributed by atoms with van der Waals surface area (Å²) >= 11 is 1.83. The minimum atomic E-state index is 0.181. The number of carbonyl (C=O) groups excluding carboxylic acids is 1. The van der Waals surface area contributed by atoms with E-state index in [1.807, 2.05) is 40.6 Å². The highest BCUT2D eigenvalue weighted by Gasteiger charge is 2.21. The van der Waals surface area contributed by atoms with Crippen LogP contribution in [0.4, 0.5) is 5.82 Å². The SMILES string of the molecule is CN=C(NCCC(=O)N1CCN(c2ccccn2)CC1)NC(C)Cc1ccc(C)s1. The van der Waals surface area contributed by atoms with E-state index in [-0.39, 0.29) is 11.9 Å². The van der Waals surface area contributed by atoms with Gasteiger partial charge in [0.05, 0.1) is 0 Å². The van der Waals surface area contributed by atoms with Crippen LogP contribution in [0.1, 0.15) is 23.1 Å². The summed E-state index contributed by atoms with van der Waals surface area (Å²) in [6.07, 6.45) is 3.23. The van der Waals surface area contributed by atoms with Crippen LogP contribution in [-0.4, -0.2) is 67.6 Å². The Kier molecular flexibility index (Phi) is 8.07. The largest absolute Gasteiger partial charge is 0.356 e. The molecule has 0 aromatic carbocycles. The van der Waals surface area contributed by atoms with Crippen LogP contribution in [0.5, 0.6) is 0 Å². The Morgan fingerprint density at radius 2 is 2.03 bits per heavy atom. The number of aromatic nitrogens is 1. The van der Waals surface area contributed by atoms with Gasteiger partial charge in [0.1, 0.15) is 5.82 Å². The molecule has 0 spiro atoms. The van der Waals surface area contributed by atoms with Crippen LogP contribution in [0.25, 0.3) is 0 Å². The number of aliphatic imine (C=N–C) groups is 1. The zero-order valence-corrected chi connectivity index (χ0v) is 18.9. The van der Waals surface area contributed by atoms with E-state index in [2.05, 4.69) is 51.5 Å². The number of amides is 1. The summed E-state index contributed by atoms with van der Waals surface area (Å²) in [7, 11) is 1.76. The molecule has 3 rings (SSSR count). The number of carbonyl (C=O) groups is 1. The van der Waals surface area contributed by atoms with E-state index < -0.39 is 0 Å². The van der Waals surface area contributed by atoms with E-state index in [4.69, 9.17) is 0 Å². The Balaban J connectivity index is 1.36. The van der Waals surface area contributed by atoms with E-state index in [0.717, 1.165) is 44.4 Å². The second-order valence-corrected chi connectivity index (χ2v) is 8.94. The van der Waals surface area contributed by atoms with Gasteiger partial charge in [-0.3, -0.25) is 9.79 Å². The van der Waals surface area contributed by atoms with Crippen molar-refractivity contribution in [2.75, 3.05) is 44.7 Å². The van der Waals surface area contributed by atoms with E-state index in [9.17, 15) is 4.79 Å². The molecule has 1 atom stereocenters. The van der Waals surface area contributed by atoms with Gasteiger partial charge in [-0.1, -0.05) is 6.07 Å². The Hall–Kier alpha value is -2.61. The van der Waals surface area contributed by atoms with Crippen LogP contribution in [0.2, 0.25) is 0 Å². The van der Waals surface area contributed by atoms with Crippen molar-refractivity contribution in [2.45, 2.75) is 32.7 Å². The molecule has 1 amide bonds. The molecule has 1 fully saturated rings. The predicted molar refractivity (Wildman–Crippen MR) is 124 cm³/mol. The van der Waals surface area contributed by atoms with Crippen molar-refractivity contribution < 1.29 is 4.79 Å². The number of rotatable bonds is 7. The lowest BCUT2D eigenvalue weighted by molar-refractivity contribution is -0.131. The maximum atomic E-state index is 12.6. The molecule has 7 nitrogen and oxygen atoms in total. The molecule has 1 aliphatic rings. The molecular formula is C22H32N6OS. The van der Waals surface area contributed by atoms with Crippen LogP contribution in [0.15, 0.2) is 41.5 Å². The number of piperazine rings is 1. The lowest BCUT2D eigenvalue weighted by Gasteiger charge is -2.35. The first-order valence-corrected chi connectivity index (χ1v) is 11.3. The van der Waals surface area contributed by atoms with Crippen molar-refractivity contribution >= 4 is 29.0 Å². The second kappa shape index (κ2) is 11.0. The molecule has 0 bridgehead atoms. The van der Waals surface area contributed by atoms with Crippen molar-refractivity contribution in [3.05, 3.63) is 46.3 Å². The third-order valence-electron chi connectivity index (χ3n) is 5.15. The first-order chi connectivity index (χ1) is 14.5. The molecule has 2 aromatic heterocycles. The molecule has 30 heavy (non-hydrogen) atoms. The average molecular weight is 429 g/mol. The number of thiophene rings is 1. The summed E-state index contributed by atoms with van der Waals surface area (Å²) < 4.78 is 0. The fraction of sp³-hybridized carbons (Fsp3) is 0.500. The highest BCUT2D eigenvalue weighted by molar-refractivity contribution is 7.11. The molecule has 0 saturated carbocycles. The van der Waals surface area contributed by atoms with Crippen molar-refractivity contribution in [1.29, 1.82) is 0 Å². The summed E-state index contributed by atoms with van der Waals surface area (Å²) in [5.74, 6) is 1.90. The number of guanidine groups is 1. The van der Waals surface area contributed by atoms with Gasteiger partial charge in [-0.25, -0.2) is 4.98 Å². The molecule has 0 aliphatic carbocycles. The minimum absolute atomic E-state index is 0.181. The van der Waals surface area contributed by atoms with Gasteiger partial charge in [0, 0.05) is 74.6 Å². The monoisotopic (exact) mass is 428 g/mol. The van der Waals surface area contributed by atoms with Crippen molar-refractivity contribution in [3.8, 4) is 0 Å². The number of nitrogens with zero attached hydrogens (tertiary/aromatic N) is 4. The molecule has 1 aliphatic heterocycles. The topological polar surface area (TPSA) is 72.9 Å². The van der Waals surface area contributed by atoms with Crippen LogP contribution in [0.3, 0.4) is 0 Å². The summed E-state index contributed by atoms with van der Waals surface area (Å²) in [6.45, 7) is 7.96. The standard InChI is InChI=1S/C22H32N6OS/c1-17(16-19-8-7-18(2)30-19)26-22(23-3)25-11-9-21(29)28-14-12-27(13-15-28)20-6-4-5-10-24-20/h4-8,10,17H,9,11-16H2,1-3H3,(H2,23,25,26). The highest BCUT2D eigenvalue weighted by atomic mass is 32.1. The lowest BCUT2D eigenvalue weighted by Crippen LogP contribution is -2.50. The average Bonchev–Trinajstić information content (AvgIpc) is 3.18. The number of hydrogen-bond donors (Lipinski definition) is 2.